The summed E-state index contributed by atoms with van der Waals surface area (Å²) in [5.74, 6) is 0.724. The van der Waals surface area contributed by atoms with Crippen LogP contribution in [0.15, 0.2) is 24.3 Å². The van der Waals surface area contributed by atoms with Gasteiger partial charge in [-0.3, -0.25) is 9.69 Å². The fourth-order valence-corrected chi connectivity index (χ4v) is 4.63. The minimum Gasteiger partial charge on any atom is -0.481 e. The van der Waals surface area contributed by atoms with Gasteiger partial charge in [-0.1, -0.05) is 24.3 Å². The van der Waals surface area contributed by atoms with Crippen LogP contribution < -0.4 is 0 Å². The first-order chi connectivity index (χ1) is 9.72. The lowest BCUT2D eigenvalue weighted by Gasteiger charge is -2.45. The number of hydrogen-bond acceptors (Lipinski definition) is 2. The molecule has 1 N–H and O–H groups in total. The third-order valence-electron chi connectivity index (χ3n) is 5.64. The number of rotatable bonds is 2. The molecule has 1 aromatic rings. The fraction of sp³-hybridized carbons (Fsp3) is 0.588. The van der Waals surface area contributed by atoms with Crippen molar-refractivity contribution in [2.24, 2.45) is 17.8 Å². The minimum atomic E-state index is -0.620. The Kier molecular flexibility index (Phi) is 2.84. The predicted octanol–water partition coefficient (Wildman–Crippen LogP) is 2.20. The zero-order valence-electron chi connectivity index (χ0n) is 11.7. The summed E-state index contributed by atoms with van der Waals surface area (Å²) in [6.07, 6.45) is 5.01. The Morgan fingerprint density at radius 1 is 1.05 bits per heavy atom. The molecule has 3 heteroatoms. The van der Waals surface area contributed by atoms with E-state index in [0.29, 0.717) is 6.04 Å². The van der Waals surface area contributed by atoms with Crippen molar-refractivity contribution in [2.75, 3.05) is 13.1 Å². The molecule has 2 unspecified atom stereocenters. The van der Waals surface area contributed by atoms with Crippen molar-refractivity contribution in [3.63, 3.8) is 0 Å². The van der Waals surface area contributed by atoms with Gasteiger partial charge in [0.15, 0.2) is 0 Å². The van der Waals surface area contributed by atoms with Crippen LogP contribution in [0.3, 0.4) is 0 Å². The topological polar surface area (TPSA) is 40.5 Å². The Bertz CT molecular complexity index is 503. The number of carbonyl (C=O) groups is 1. The average Bonchev–Trinajstić information content (AvgIpc) is 2.64. The van der Waals surface area contributed by atoms with E-state index in [-0.39, 0.29) is 5.92 Å². The zero-order valence-corrected chi connectivity index (χ0v) is 11.7. The lowest BCUT2D eigenvalue weighted by atomic mass is 9.88. The van der Waals surface area contributed by atoms with Crippen LogP contribution in [-0.4, -0.2) is 35.1 Å². The number of carboxylic acids is 1. The molecule has 1 aliphatic heterocycles. The molecule has 4 rings (SSSR count). The monoisotopic (exact) mass is 271 g/mol. The number of fused-ring (bicyclic) bond motifs is 3. The van der Waals surface area contributed by atoms with Gasteiger partial charge in [-0.2, -0.15) is 0 Å². The predicted molar refractivity (Wildman–Crippen MR) is 76.6 cm³/mol. The number of nitrogens with zero attached hydrogens (tertiary/aromatic N) is 1. The van der Waals surface area contributed by atoms with Crippen LogP contribution >= 0.6 is 0 Å². The number of benzene rings is 1. The van der Waals surface area contributed by atoms with E-state index in [9.17, 15) is 4.79 Å². The lowest BCUT2D eigenvalue weighted by Crippen LogP contribution is -2.57. The van der Waals surface area contributed by atoms with Crippen molar-refractivity contribution in [1.29, 1.82) is 0 Å². The van der Waals surface area contributed by atoms with E-state index in [1.165, 1.54) is 36.8 Å². The maximum absolute atomic E-state index is 11.0. The van der Waals surface area contributed by atoms with Crippen molar-refractivity contribution in [3.8, 4) is 0 Å². The average molecular weight is 271 g/mol. The van der Waals surface area contributed by atoms with Gasteiger partial charge in [0.2, 0.25) is 0 Å². The third kappa shape index (κ3) is 1.87. The molecule has 1 aromatic carbocycles. The van der Waals surface area contributed by atoms with E-state index in [4.69, 9.17) is 5.11 Å². The largest absolute Gasteiger partial charge is 0.481 e. The Morgan fingerprint density at radius 2 is 1.60 bits per heavy atom. The molecule has 2 atom stereocenters. The molecule has 3 aliphatic rings. The third-order valence-corrected chi connectivity index (χ3v) is 5.64. The molecule has 2 fully saturated rings. The molecule has 2 bridgehead atoms. The summed E-state index contributed by atoms with van der Waals surface area (Å²) < 4.78 is 0. The molecule has 2 aliphatic carbocycles. The van der Waals surface area contributed by atoms with Gasteiger partial charge in [-0.05, 0) is 48.6 Å². The molecule has 20 heavy (non-hydrogen) atoms. The highest BCUT2D eigenvalue weighted by atomic mass is 16.4. The fourth-order valence-electron chi connectivity index (χ4n) is 4.63. The van der Waals surface area contributed by atoms with E-state index >= 15 is 0 Å². The second-order valence-corrected chi connectivity index (χ2v) is 6.75. The molecule has 1 heterocycles. The van der Waals surface area contributed by atoms with Crippen molar-refractivity contribution < 1.29 is 9.90 Å². The summed E-state index contributed by atoms with van der Waals surface area (Å²) in [5, 5.41) is 9.07. The van der Waals surface area contributed by atoms with Crippen molar-refractivity contribution >= 4 is 5.97 Å². The summed E-state index contributed by atoms with van der Waals surface area (Å²) in [6.45, 7) is 1.53. The van der Waals surface area contributed by atoms with E-state index in [1.807, 2.05) is 0 Å². The highest BCUT2D eigenvalue weighted by Crippen LogP contribution is 2.44. The molecule has 106 valence electrons. The van der Waals surface area contributed by atoms with Gasteiger partial charge < -0.3 is 5.11 Å². The van der Waals surface area contributed by atoms with E-state index < -0.39 is 5.97 Å². The first kappa shape index (κ1) is 12.4. The van der Waals surface area contributed by atoms with Gasteiger partial charge in [0.1, 0.15) is 0 Å². The Balaban J connectivity index is 1.55. The molecule has 0 aromatic heterocycles. The van der Waals surface area contributed by atoms with E-state index in [1.54, 1.807) is 0 Å². The molecular formula is C17H21NO2. The number of hydrogen-bond donors (Lipinski definition) is 1. The maximum atomic E-state index is 11.0. The summed E-state index contributed by atoms with van der Waals surface area (Å²) in [4.78, 5) is 13.5. The van der Waals surface area contributed by atoms with Gasteiger partial charge in [0.05, 0.1) is 5.92 Å². The maximum Gasteiger partial charge on any atom is 0.309 e. The van der Waals surface area contributed by atoms with Gasteiger partial charge >= 0.3 is 5.97 Å². The van der Waals surface area contributed by atoms with Crippen LogP contribution in [-0.2, 0) is 17.6 Å². The van der Waals surface area contributed by atoms with E-state index in [0.717, 1.165) is 24.9 Å². The number of likely N-dealkylation sites (tertiary alicyclic amines) is 1. The molecular weight excluding hydrogens is 250 g/mol. The van der Waals surface area contributed by atoms with Gasteiger partial charge in [0.25, 0.3) is 0 Å². The Labute approximate surface area is 119 Å². The first-order valence-corrected chi connectivity index (χ1v) is 7.76. The lowest BCUT2D eigenvalue weighted by molar-refractivity contribution is -0.149. The number of carboxylic acid groups (broad SMARTS) is 1. The quantitative estimate of drug-likeness (QED) is 0.896. The van der Waals surface area contributed by atoms with Gasteiger partial charge in [0, 0.05) is 19.1 Å². The first-order valence-electron chi connectivity index (χ1n) is 7.76. The Hall–Kier alpha value is -1.35. The van der Waals surface area contributed by atoms with Crippen LogP contribution in [0.4, 0.5) is 0 Å². The normalized spacial score (nSPS) is 33.3. The van der Waals surface area contributed by atoms with Crippen LogP contribution in [0.5, 0.6) is 0 Å². The molecule has 0 amide bonds. The SMILES string of the molecule is O=C(O)C1CN(C2C3CCC2Cc2ccccc2C3)C1. The standard InChI is InChI=1S/C17H21NO2/c19-17(20)15-9-18(10-15)16-13-5-6-14(16)8-12-4-2-1-3-11(12)7-13/h1-4,13-16H,5-10H2,(H,19,20). The number of aliphatic carboxylic acids is 1. The highest BCUT2D eigenvalue weighted by Gasteiger charge is 2.47. The van der Waals surface area contributed by atoms with Gasteiger partial charge in [-0.25, -0.2) is 0 Å². The summed E-state index contributed by atoms with van der Waals surface area (Å²) in [5.41, 5.74) is 3.06. The Morgan fingerprint density at radius 3 is 2.10 bits per heavy atom. The van der Waals surface area contributed by atoms with Crippen LogP contribution in [0, 0.1) is 17.8 Å². The van der Waals surface area contributed by atoms with Crippen molar-refractivity contribution in [3.05, 3.63) is 35.4 Å². The molecule has 1 saturated carbocycles. The van der Waals surface area contributed by atoms with Crippen LogP contribution in [0.1, 0.15) is 24.0 Å². The van der Waals surface area contributed by atoms with Gasteiger partial charge in [-0.15, -0.1) is 0 Å². The molecule has 0 spiro atoms. The molecule has 3 nitrogen and oxygen atoms in total. The van der Waals surface area contributed by atoms with Crippen LogP contribution in [0.2, 0.25) is 0 Å². The second-order valence-electron chi connectivity index (χ2n) is 6.75. The molecule has 1 saturated heterocycles. The summed E-state index contributed by atoms with van der Waals surface area (Å²) in [6, 6.07) is 9.48. The second kappa shape index (κ2) is 4.59. The summed E-state index contributed by atoms with van der Waals surface area (Å²) in [7, 11) is 0. The van der Waals surface area contributed by atoms with E-state index in [2.05, 4.69) is 29.2 Å². The van der Waals surface area contributed by atoms with Crippen LogP contribution in [0.25, 0.3) is 0 Å². The zero-order chi connectivity index (χ0) is 13.7. The minimum absolute atomic E-state index is 0.125. The summed E-state index contributed by atoms with van der Waals surface area (Å²) >= 11 is 0. The smallest absolute Gasteiger partial charge is 0.309 e. The van der Waals surface area contributed by atoms with Crippen molar-refractivity contribution in [1.82, 2.24) is 4.90 Å². The van der Waals surface area contributed by atoms with Crippen molar-refractivity contribution in [2.45, 2.75) is 31.7 Å². The highest BCUT2D eigenvalue weighted by molar-refractivity contribution is 5.71. The molecule has 0 radical (unpaired) electrons.